The molecule has 2 heteroatoms. The molecule has 0 bridgehead atoms. The number of hydrogen-bond acceptors (Lipinski definition) is 2. The van der Waals surface area contributed by atoms with Gasteiger partial charge in [0.2, 0.25) is 0 Å². The van der Waals surface area contributed by atoms with Crippen molar-refractivity contribution in [3.8, 4) is 0 Å². The van der Waals surface area contributed by atoms with Gasteiger partial charge in [-0.05, 0) is 24.7 Å². The van der Waals surface area contributed by atoms with Crippen molar-refractivity contribution in [2.24, 2.45) is 11.8 Å². The van der Waals surface area contributed by atoms with E-state index in [1.54, 1.807) is 21.3 Å². The molecule has 2 nitrogen and oxygen atoms in total. The zero-order valence-corrected chi connectivity index (χ0v) is 11.5. The quantitative estimate of drug-likeness (QED) is 0.703. The summed E-state index contributed by atoms with van der Waals surface area (Å²) in [6, 6.07) is 0. The van der Waals surface area contributed by atoms with Crippen LogP contribution in [0.4, 0.5) is 0 Å². The Labute approximate surface area is 96.4 Å². The van der Waals surface area contributed by atoms with E-state index in [1.165, 1.54) is 25.7 Å². The van der Waals surface area contributed by atoms with Gasteiger partial charge < -0.3 is 9.47 Å². The van der Waals surface area contributed by atoms with Gasteiger partial charge in [-0.25, -0.2) is 0 Å². The van der Waals surface area contributed by atoms with Crippen LogP contribution in [0.15, 0.2) is 0 Å². The van der Waals surface area contributed by atoms with Crippen LogP contribution in [0.25, 0.3) is 0 Å². The maximum atomic E-state index is 5.12. The summed E-state index contributed by atoms with van der Waals surface area (Å²) < 4.78 is 9.37. The second kappa shape index (κ2) is 13.9. The summed E-state index contributed by atoms with van der Waals surface area (Å²) in [5.41, 5.74) is 0. The van der Waals surface area contributed by atoms with Gasteiger partial charge in [-0.15, -0.1) is 0 Å². The molecule has 1 aliphatic carbocycles. The van der Waals surface area contributed by atoms with Crippen molar-refractivity contribution in [2.45, 2.75) is 46.5 Å². The first-order valence-corrected chi connectivity index (χ1v) is 6.13. The molecule has 0 radical (unpaired) electrons. The van der Waals surface area contributed by atoms with Crippen LogP contribution in [0.3, 0.4) is 0 Å². The van der Waals surface area contributed by atoms with Gasteiger partial charge in [0.25, 0.3) is 0 Å². The zero-order chi connectivity index (χ0) is 12.1. The minimum atomic E-state index is 0.862. The maximum Gasteiger partial charge on any atom is 0.0490 e. The van der Waals surface area contributed by atoms with E-state index in [0.29, 0.717) is 0 Å². The number of rotatable bonds is 2. The fourth-order valence-electron chi connectivity index (χ4n) is 1.73. The van der Waals surface area contributed by atoms with Crippen LogP contribution < -0.4 is 0 Å². The lowest BCUT2D eigenvalue weighted by Gasteiger charge is -2.25. The van der Waals surface area contributed by atoms with Gasteiger partial charge in [-0.3, -0.25) is 0 Å². The largest absolute Gasteiger partial charge is 0.388 e. The highest BCUT2D eigenvalue weighted by Gasteiger charge is 2.17. The minimum absolute atomic E-state index is 0.862. The average Bonchev–Trinajstić information content (AvgIpc) is 2.26. The molecule has 0 saturated heterocycles. The first kappa shape index (κ1) is 17.3. The van der Waals surface area contributed by atoms with E-state index in [2.05, 4.69) is 11.7 Å². The van der Waals surface area contributed by atoms with Crippen LogP contribution in [0.2, 0.25) is 0 Å². The van der Waals surface area contributed by atoms with Crippen molar-refractivity contribution in [3.63, 3.8) is 0 Å². The Kier molecular flexibility index (Phi) is 16.1. The van der Waals surface area contributed by atoms with Gasteiger partial charge in [0, 0.05) is 27.9 Å². The lowest BCUT2D eigenvalue weighted by molar-refractivity contribution is 0.121. The van der Waals surface area contributed by atoms with Crippen LogP contribution in [-0.2, 0) is 9.47 Å². The molecule has 0 aromatic carbocycles. The summed E-state index contributed by atoms with van der Waals surface area (Å²) in [5.74, 6) is 1.83. The molecule has 15 heavy (non-hydrogen) atoms. The molecule has 0 atom stereocenters. The highest BCUT2D eigenvalue weighted by molar-refractivity contribution is 4.69. The van der Waals surface area contributed by atoms with Crippen molar-refractivity contribution >= 4 is 0 Å². The SMILES string of the molecule is CC.COC.COCC1CCC(C)CC1. The predicted octanol–water partition coefficient (Wildman–Crippen LogP) is 3.75. The Balaban J connectivity index is 0. The van der Waals surface area contributed by atoms with Gasteiger partial charge in [0.15, 0.2) is 0 Å². The second-order valence-electron chi connectivity index (χ2n) is 3.99. The molecule has 0 unspecified atom stereocenters. The molecule has 0 aromatic rings. The second-order valence-corrected chi connectivity index (χ2v) is 3.99. The molecule has 0 heterocycles. The standard InChI is InChI=1S/C9H18O.C2H6O.C2H6/c1-8-3-5-9(6-4-8)7-10-2;1-3-2;1-2/h8-9H,3-7H2,1-2H3;1-2H3;1-2H3. The monoisotopic (exact) mass is 218 g/mol. The van der Waals surface area contributed by atoms with Crippen LogP contribution >= 0.6 is 0 Å². The summed E-state index contributed by atoms with van der Waals surface area (Å²) in [4.78, 5) is 0. The number of hydrogen-bond donors (Lipinski definition) is 0. The Bertz CT molecular complexity index is 96.7. The first-order chi connectivity index (χ1) is 7.24. The molecule has 1 saturated carbocycles. The molecule has 94 valence electrons. The zero-order valence-electron chi connectivity index (χ0n) is 11.5. The van der Waals surface area contributed by atoms with Gasteiger partial charge >= 0.3 is 0 Å². The summed E-state index contributed by atoms with van der Waals surface area (Å²) in [5, 5.41) is 0. The van der Waals surface area contributed by atoms with Crippen molar-refractivity contribution in [3.05, 3.63) is 0 Å². The Hall–Kier alpha value is -0.0800. The third-order valence-electron chi connectivity index (χ3n) is 2.54. The Morgan fingerprint density at radius 3 is 1.67 bits per heavy atom. The third kappa shape index (κ3) is 11.8. The lowest BCUT2D eigenvalue weighted by atomic mass is 9.83. The van der Waals surface area contributed by atoms with E-state index in [9.17, 15) is 0 Å². The molecule has 0 aromatic heterocycles. The number of ether oxygens (including phenoxy) is 2. The summed E-state index contributed by atoms with van der Waals surface area (Å²) in [6.07, 6.45) is 5.59. The maximum absolute atomic E-state index is 5.12. The molecule has 0 amide bonds. The summed E-state index contributed by atoms with van der Waals surface area (Å²) in [6.45, 7) is 7.33. The van der Waals surface area contributed by atoms with E-state index in [1.807, 2.05) is 13.8 Å². The van der Waals surface area contributed by atoms with E-state index in [4.69, 9.17) is 4.74 Å². The molecule has 1 aliphatic rings. The van der Waals surface area contributed by atoms with E-state index in [0.717, 1.165) is 18.4 Å². The van der Waals surface area contributed by atoms with Gasteiger partial charge in [0.1, 0.15) is 0 Å². The summed E-state index contributed by atoms with van der Waals surface area (Å²) >= 11 is 0. The van der Waals surface area contributed by atoms with Crippen molar-refractivity contribution < 1.29 is 9.47 Å². The molecule has 0 spiro atoms. The van der Waals surface area contributed by atoms with E-state index in [-0.39, 0.29) is 0 Å². The molecule has 0 N–H and O–H groups in total. The minimum Gasteiger partial charge on any atom is -0.388 e. The van der Waals surface area contributed by atoms with Crippen molar-refractivity contribution in [1.29, 1.82) is 0 Å². The van der Waals surface area contributed by atoms with Crippen molar-refractivity contribution in [2.75, 3.05) is 27.9 Å². The van der Waals surface area contributed by atoms with E-state index < -0.39 is 0 Å². The Morgan fingerprint density at radius 2 is 1.33 bits per heavy atom. The summed E-state index contributed by atoms with van der Waals surface area (Å²) in [7, 11) is 5.05. The topological polar surface area (TPSA) is 18.5 Å². The van der Waals surface area contributed by atoms with Gasteiger partial charge in [-0.1, -0.05) is 33.6 Å². The van der Waals surface area contributed by atoms with Crippen LogP contribution in [-0.4, -0.2) is 27.9 Å². The predicted molar refractivity (Wildman–Crippen MR) is 67.3 cm³/mol. The number of methoxy groups -OCH3 is 2. The van der Waals surface area contributed by atoms with Crippen LogP contribution in [0.5, 0.6) is 0 Å². The normalized spacial score (nSPS) is 24.4. The van der Waals surface area contributed by atoms with Gasteiger partial charge in [0.05, 0.1) is 0 Å². The fourth-order valence-corrected chi connectivity index (χ4v) is 1.73. The van der Waals surface area contributed by atoms with Gasteiger partial charge in [-0.2, -0.15) is 0 Å². The molecule has 0 aliphatic heterocycles. The molecular formula is C13H30O2. The molecule has 1 fully saturated rings. The average molecular weight is 218 g/mol. The van der Waals surface area contributed by atoms with Crippen molar-refractivity contribution in [1.82, 2.24) is 0 Å². The van der Waals surface area contributed by atoms with E-state index >= 15 is 0 Å². The highest BCUT2D eigenvalue weighted by Crippen LogP contribution is 2.27. The molecule has 1 rings (SSSR count). The molecular weight excluding hydrogens is 188 g/mol. The first-order valence-electron chi connectivity index (χ1n) is 6.13. The smallest absolute Gasteiger partial charge is 0.0490 e. The van der Waals surface area contributed by atoms with Crippen LogP contribution in [0.1, 0.15) is 46.5 Å². The lowest BCUT2D eigenvalue weighted by Crippen LogP contribution is -2.16. The fraction of sp³-hybridized carbons (Fsp3) is 1.00. The van der Waals surface area contributed by atoms with Crippen LogP contribution in [0, 0.1) is 11.8 Å². The highest BCUT2D eigenvalue weighted by atomic mass is 16.5. The Morgan fingerprint density at radius 1 is 0.933 bits per heavy atom. The third-order valence-corrected chi connectivity index (χ3v) is 2.54.